The molecule has 5 rings (SSSR count). The Bertz CT molecular complexity index is 1380. The zero-order valence-electron chi connectivity index (χ0n) is 20.4. The minimum Gasteiger partial charge on any atom is -0.444 e. The second-order valence-corrected chi connectivity index (χ2v) is 10.1. The number of carbonyl (C=O) groups excluding carboxylic acids is 1. The summed E-state index contributed by atoms with van der Waals surface area (Å²) in [6.07, 6.45) is 7.28. The van der Waals surface area contributed by atoms with E-state index >= 15 is 0 Å². The molecule has 0 unspecified atom stereocenters. The van der Waals surface area contributed by atoms with Crippen LogP contribution in [0.4, 0.5) is 4.79 Å². The van der Waals surface area contributed by atoms with Crippen LogP contribution in [0.1, 0.15) is 56.6 Å². The van der Waals surface area contributed by atoms with Crippen molar-refractivity contribution in [3.05, 3.63) is 53.9 Å². The summed E-state index contributed by atoms with van der Waals surface area (Å²) in [4.78, 5) is 23.7. The number of hydrogen-bond donors (Lipinski definition) is 0. The molecule has 1 fully saturated rings. The molecule has 4 heterocycles. The van der Waals surface area contributed by atoms with Crippen molar-refractivity contribution in [3.63, 3.8) is 0 Å². The Morgan fingerprint density at radius 1 is 1.06 bits per heavy atom. The topological polar surface area (TPSA) is 85.5 Å². The molecule has 0 aliphatic carbocycles. The molecule has 8 nitrogen and oxygen atoms in total. The van der Waals surface area contributed by atoms with Crippen molar-refractivity contribution in [2.75, 3.05) is 13.1 Å². The molecule has 0 saturated carbocycles. The van der Waals surface area contributed by atoms with Crippen LogP contribution in [0.25, 0.3) is 27.7 Å². The first-order valence-corrected chi connectivity index (χ1v) is 11.7. The van der Waals surface area contributed by atoms with Crippen molar-refractivity contribution < 1.29 is 9.53 Å². The number of aryl methyl sites for hydroxylation is 2. The highest BCUT2D eigenvalue weighted by molar-refractivity contribution is 5.96. The number of piperidine rings is 1. The number of likely N-dealkylation sites (tertiary alicyclic amines) is 1. The van der Waals surface area contributed by atoms with Crippen LogP contribution < -0.4 is 0 Å². The summed E-state index contributed by atoms with van der Waals surface area (Å²) in [6, 6.07) is 6.24. The second kappa shape index (κ2) is 8.34. The molecular formula is C26H30N6O2. The predicted molar refractivity (Wildman–Crippen MR) is 131 cm³/mol. The van der Waals surface area contributed by atoms with Gasteiger partial charge in [-0.15, -0.1) is 0 Å². The highest BCUT2D eigenvalue weighted by atomic mass is 16.6. The highest BCUT2D eigenvalue weighted by Gasteiger charge is 2.29. The van der Waals surface area contributed by atoms with Crippen molar-refractivity contribution in [3.8, 4) is 11.3 Å². The Kier molecular flexibility index (Phi) is 5.46. The Hall–Kier alpha value is -3.55. The van der Waals surface area contributed by atoms with Gasteiger partial charge in [-0.1, -0.05) is 18.2 Å². The number of ether oxygens (including phenoxy) is 1. The molecule has 1 aliphatic rings. The quantitative estimate of drug-likeness (QED) is 0.417. The molecular weight excluding hydrogens is 428 g/mol. The molecule has 1 aromatic carbocycles. The molecule has 4 aromatic rings. The number of fused-ring (bicyclic) bond motifs is 2. The zero-order valence-corrected chi connectivity index (χ0v) is 20.4. The van der Waals surface area contributed by atoms with E-state index in [0.29, 0.717) is 13.1 Å². The summed E-state index contributed by atoms with van der Waals surface area (Å²) >= 11 is 0. The van der Waals surface area contributed by atoms with Gasteiger partial charge in [-0.3, -0.25) is 4.98 Å². The molecule has 34 heavy (non-hydrogen) atoms. The number of rotatable bonds is 2. The van der Waals surface area contributed by atoms with Crippen LogP contribution in [0.5, 0.6) is 0 Å². The van der Waals surface area contributed by atoms with Crippen LogP contribution in [0.3, 0.4) is 0 Å². The third kappa shape index (κ3) is 4.20. The van der Waals surface area contributed by atoms with Gasteiger partial charge in [-0.05, 0) is 47.5 Å². The number of imidazole rings is 1. The maximum atomic E-state index is 12.5. The summed E-state index contributed by atoms with van der Waals surface area (Å²) in [5.41, 5.74) is 5.13. The van der Waals surface area contributed by atoms with Crippen molar-refractivity contribution in [2.45, 2.75) is 59.0 Å². The summed E-state index contributed by atoms with van der Waals surface area (Å²) in [5, 5.41) is 11.0. The average molecular weight is 459 g/mol. The SMILES string of the molecule is Cc1cn2cc(-c3cccc4c(C5CCN(C(=O)OC(C)(C)C)CC5)nncc34)nc2c(C)n1. The largest absolute Gasteiger partial charge is 0.444 e. The number of aromatic nitrogens is 5. The normalized spacial score (nSPS) is 15.3. The fraction of sp³-hybridized carbons (Fsp3) is 0.423. The lowest BCUT2D eigenvalue weighted by Crippen LogP contribution is -2.41. The first-order chi connectivity index (χ1) is 16.2. The van der Waals surface area contributed by atoms with E-state index in [0.717, 1.165) is 57.6 Å². The van der Waals surface area contributed by atoms with Gasteiger partial charge in [0.25, 0.3) is 0 Å². The first-order valence-electron chi connectivity index (χ1n) is 11.7. The van der Waals surface area contributed by atoms with E-state index in [1.165, 1.54) is 0 Å². The van der Waals surface area contributed by atoms with Gasteiger partial charge in [0, 0.05) is 47.7 Å². The van der Waals surface area contributed by atoms with Crippen molar-refractivity contribution in [1.29, 1.82) is 0 Å². The second-order valence-electron chi connectivity index (χ2n) is 10.1. The fourth-order valence-corrected chi connectivity index (χ4v) is 4.75. The van der Waals surface area contributed by atoms with Gasteiger partial charge < -0.3 is 14.0 Å². The monoisotopic (exact) mass is 458 g/mol. The highest BCUT2D eigenvalue weighted by Crippen LogP contribution is 2.35. The Morgan fingerprint density at radius 2 is 1.82 bits per heavy atom. The van der Waals surface area contributed by atoms with Crippen molar-refractivity contribution in [2.24, 2.45) is 0 Å². The number of amides is 1. The number of hydrogen-bond acceptors (Lipinski definition) is 6. The Balaban J connectivity index is 1.45. The summed E-state index contributed by atoms with van der Waals surface area (Å²) in [7, 11) is 0. The van der Waals surface area contributed by atoms with Crippen LogP contribution in [0, 0.1) is 13.8 Å². The fourth-order valence-electron chi connectivity index (χ4n) is 4.75. The lowest BCUT2D eigenvalue weighted by atomic mass is 9.90. The summed E-state index contributed by atoms with van der Waals surface area (Å²) in [6.45, 7) is 10.9. The molecule has 0 spiro atoms. The Morgan fingerprint density at radius 3 is 2.56 bits per heavy atom. The number of benzene rings is 1. The van der Waals surface area contributed by atoms with Crippen LogP contribution in [0.2, 0.25) is 0 Å². The minimum atomic E-state index is -0.489. The molecule has 0 atom stereocenters. The minimum absolute atomic E-state index is 0.236. The van der Waals surface area contributed by atoms with Gasteiger partial charge in [-0.2, -0.15) is 10.2 Å². The molecule has 1 saturated heterocycles. The molecule has 0 bridgehead atoms. The van der Waals surface area contributed by atoms with Crippen LogP contribution in [-0.4, -0.2) is 54.2 Å². The van der Waals surface area contributed by atoms with Gasteiger partial charge in [-0.25, -0.2) is 9.78 Å². The van der Waals surface area contributed by atoms with Gasteiger partial charge in [0.2, 0.25) is 0 Å². The molecule has 1 amide bonds. The van der Waals surface area contributed by atoms with Crippen molar-refractivity contribution in [1.82, 2.24) is 29.5 Å². The van der Waals surface area contributed by atoms with E-state index in [4.69, 9.17) is 9.72 Å². The summed E-state index contributed by atoms with van der Waals surface area (Å²) in [5.74, 6) is 0.236. The third-order valence-corrected chi connectivity index (χ3v) is 6.27. The van der Waals surface area contributed by atoms with Gasteiger partial charge in [0.15, 0.2) is 5.65 Å². The maximum absolute atomic E-state index is 12.5. The summed E-state index contributed by atoms with van der Waals surface area (Å²) < 4.78 is 7.57. The molecule has 0 radical (unpaired) electrons. The Labute approximate surface area is 199 Å². The van der Waals surface area contributed by atoms with E-state index in [9.17, 15) is 4.79 Å². The smallest absolute Gasteiger partial charge is 0.410 e. The lowest BCUT2D eigenvalue weighted by molar-refractivity contribution is 0.0204. The number of carbonyl (C=O) groups is 1. The molecule has 1 aliphatic heterocycles. The van der Waals surface area contributed by atoms with Gasteiger partial charge >= 0.3 is 6.09 Å². The van der Waals surface area contributed by atoms with Crippen LogP contribution in [0.15, 0.2) is 36.8 Å². The van der Waals surface area contributed by atoms with Crippen LogP contribution in [-0.2, 0) is 4.74 Å². The van der Waals surface area contributed by atoms with E-state index in [-0.39, 0.29) is 12.0 Å². The van der Waals surface area contributed by atoms with E-state index in [2.05, 4.69) is 33.4 Å². The average Bonchev–Trinajstić information content (AvgIpc) is 3.21. The number of nitrogens with zero attached hydrogens (tertiary/aromatic N) is 6. The molecule has 0 N–H and O–H groups in total. The molecule has 176 valence electrons. The maximum Gasteiger partial charge on any atom is 0.410 e. The van der Waals surface area contributed by atoms with Gasteiger partial charge in [0.05, 0.1) is 29.0 Å². The lowest BCUT2D eigenvalue weighted by Gasteiger charge is -2.33. The third-order valence-electron chi connectivity index (χ3n) is 6.27. The predicted octanol–water partition coefficient (Wildman–Crippen LogP) is 5.07. The molecule has 8 heteroatoms. The van der Waals surface area contributed by atoms with Gasteiger partial charge in [0.1, 0.15) is 5.60 Å². The van der Waals surface area contributed by atoms with E-state index < -0.39 is 5.60 Å². The van der Waals surface area contributed by atoms with Crippen molar-refractivity contribution >= 4 is 22.5 Å². The molecule has 3 aromatic heterocycles. The standard InChI is InChI=1S/C26H30N6O2/c1-16-14-32-15-22(29-24(32)17(2)28-16)19-7-6-8-20-21(19)13-27-30-23(20)18-9-11-31(12-10-18)25(33)34-26(3,4)5/h6-8,13-15,18H,9-12H2,1-5H3. The first kappa shape index (κ1) is 22.3. The van der Waals surface area contributed by atoms with E-state index in [1.54, 1.807) is 4.90 Å². The zero-order chi connectivity index (χ0) is 24.0. The van der Waals surface area contributed by atoms with E-state index in [1.807, 2.05) is 57.6 Å². The van der Waals surface area contributed by atoms with Crippen LogP contribution >= 0.6 is 0 Å².